The number of hydrogen-bond donors (Lipinski definition) is 1. The summed E-state index contributed by atoms with van der Waals surface area (Å²) in [4.78, 5) is 21.1. The summed E-state index contributed by atoms with van der Waals surface area (Å²) in [6.07, 6.45) is 6.13. The monoisotopic (exact) mass is 266 g/mol. The van der Waals surface area contributed by atoms with Gasteiger partial charge in [0.2, 0.25) is 0 Å². The zero-order valence-corrected chi connectivity index (χ0v) is 11.2. The fraction of sp³-hybridized carbons (Fsp3) is 0.533. The van der Waals surface area contributed by atoms with Gasteiger partial charge in [-0.15, -0.1) is 0 Å². The quantitative estimate of drug-likeness (QED) is 0.401. The van der Waals surface area contributed by atoms with E-state index in [4.69, 9.17) is 14.9 Å². The van der Waals surface area contributed by atoms with Crippen LogP contribution in [0.4, 0.5) is 0 Å². The van der Waals surface area contributed by atoms with Gasteiger partial charge in [-0.25, -0.2) is 4.79 Å². The van der Waals surface area contributed by atoms with Crippen molar-refractivity contribution in [1.82, 2.24) is 0 Å². The van der Waals surface area contributed by atoms with E-state index in [9.17, 15) is 4.79 Å². The molecule has 0 aliphatic rings. The van der Waals surface area contributed by atoms with Crippen LogP contribution in [0.3, 0.4) is 0 Å². The van der Waals surface area contributed by atoms with Gasteiger partial charge in [-0.1, -0.05) is 43.9 Å². The molecule has 1 aromatic rings. The molecule has 0 unspecified atom stereocenters. The molecule has 0 aromatic heterocycles. The van der Waals surface area contributed by atoms with Crippen molar-refractivity contribution in [3.63, 3.8) is 0 Å². The molecule has 0 bridgehead atoms. The lowest BCUT2D eigenvalue weighted by Crippen LogP contribution is -2.06. The van der Waals surface area contributed by atoms with Crippen molar-refractivity contribution < 1.29 is 19.7 Å². The number of aliphatic hydroxyl groups excluding tert-OH is 1. The summed E-state index contributed by atoms with van der Waals surface area (Å²) in [5.41, 5.74) is 0.492. The predicted octanol–water partition coefficient (Wildman–Crippen LogP) is 3.11. The highest BCUT2D eigenvalue weighted by Gasteiger charge is 2.06. The van der Waals surface area contributed by atoms with Gasteiger partial charge in [0, 0.05) is 6.61 Å². The van der Waals surface area contributed by atoms with Crippen molar-refractivity contribution in [2.75, 3.05) is 13.2 Å². The highest BCUT2D eigenvalue weighted by molar-refractivity contribution is 5.88. The molecule has 0 aliphatic heterocycles. The molecule has 1 rings (SSSR count). The van der Waals surface area contributed by atoms with Gasteiger partial charge in [-0.3, -0.25) is 4.89 Å². The number of rotatable bonds is 10. The number of aliphatic hydroxyl groups is 1. The van der Waals surface area contributed by atoms with Crippen molar-refractivity contribution in [2.24, 2.45) is 0 Å². The van der Waals surface area contributed by atoms with Gasteiger partial charge in [0.05, 0.1) is 12.2 Å². The van der Waals surface area contributed by atoms with Crippen LogP contribution in [-0.4, -0.2) is 24.3 Å². The van der Waals surface area contributed by atoms with Crippen molar-refractivity contribution in [1.29, 1.82) is 0 Å². The van der Waals surface area contributed by atoms with E-state index in [1.54, 1.807) is 24.3 Å². The van der Waals surface area contributed by atoms with Crippen LogP contribution in [0.1, 0.15) is 48.9 Å². The van der Waals surface area contributed by atoms with Crippen LogP contribution in [0, 0.1) is 0 Å². The first-order valence-corrected chi connectivity index (χ1v) is 6.84. The molecule has 106 valence electrons. The zero-order chi connectivity index (χ0) is 13.8. The third kappa shape index (κ3) is 7.59. The molecule has 0 saturated carbocycles. The number of hydrogen-bond acceptors (Lipinski definition) is 4. The lowest BCUT2D eigenvalue weighted by molar-refractivity contribution is -0.241. The Hall–Kier alpha value is -1.39. The summed E-state index contributed by atoms with van der Waals surface area (Å²) in [5, 5.41) is 8.62. The Morgan fingerprint density at radius 1 is 0.947 bits per heavy atom. The highest BCUT2D eigenvalue weighted by Crippen LogP contribution is 2.06. The summed E-state index contributed by atoms with van der Waals surface area (Å²) >= 11 is 0. The molecule has 0 atom stereocenters. The van der Waals surface area contributed by atoms with Crippen LogP contribution >= 0.6 is 0 Å². The second kappa shape index (κ2) is 10.5. The summed E-state index contributed by atoms with van der Waals surface area (Å²) in [7, 11) is 0. The second-order valence-corrected chi connectivity index (χ2v) is 4.40. The summed E-state index contributed by atoms with van der Waals surface area (Å²) in [6.45, 7) is 0.705. The van der Waals surface area contributed by atoms with E-state index in [-0.39, 0.29) is 6.61 Å². The first kappa shape index (κ1) is 15.7. The van der Waals surface area contributed by atoms with Gasteiger partial charge in [0.25, 0.3) is 0 Å². The lowest BCUT2D eigenvalue weighted by atomic mass is 10.1. The minimum absolute atomic E-state index is 0.276. The van der Waals surface area contributed by atoms with Gasteiger partial charge < -0.3 is 5.11 Å². The van der Waals surface area contributed by atoms with Gasteiger partial charge >= 0.3 is 5.97 Å². The molecule has 1 N–H and O–H groups in total. The molecule has 4 heteroatoms. The number of unbranched alkanes of at least 4 members (excludes halogenated alkanes) is 5. The van der Waals surface area contributed by atoms with E-state index in [2.05, 4.69) is 0 Å². The fourth-order valence-electron chi connectivity index (χ4n) is 1.70. The Morgan fingerprint density at radius 2 is 1.58 bits per heavy atom. The van der Waals surface area contributed by atoms with Crippen LogP contribution in [0.5, 0.6) is 0 Å². The van der Waals surface area contributed by atoms with E-state index in [0.717, 1.165) is 38.5 Å². The van der Waals surface area contributed by atoms with Crippen LogP contribution in [-0.2, 0) is 9.78 Å². The molecule has 4 nitrogen and oxygen atoms in total. The fourth-order valence-corrected chi connectivity index (χ4v) is 1.70. The molecule has 0 heterocycles. The Bertz CT molecular complexity index is 337. The average Bonchev–Trinajstić information content (AvgIpc) is 2.46. The Labute approximate surface area is 114 Å². The van der Waals surface area contributed by atoms with Crippen LogP contribution in [0.25, 0.3) is 0 Å². The first-order chi connectivity index (χ1) is 9.34. The van der Waals surface area contributed by atoms with Crippen molar-refractivity contribution >= 4 is 5.97 Å². The zero-order valence-electron chi connectivity index (χ0n) is 11.2. The molecule has 0 amide bonds. The molecule has 0 saturated heterocycles. The van der Waals surface area contributed by atoms with Crippen molar-refractivity contribution in [3.8, 4) is 0 Å². The average molecular weight is 266 g/mol. The highest BCUT2D eigenvalue weighted by atomic mass is 17.2. The molecule has 0 spiro atoms. The molecular formula is C15H22O4. The van der Waals surface area contributed by atoms with Gasteiger partial charge in [-0.05, 0) is 25.0 Å². The minimum Gasteiger partial charge on any atom is -0.396 e. The molecule has 0 aliphatic carbocycles. The molecule has 19 heavy (non-hydrogen) atoms. The molecule has 0 radical (unpaired) electrons. The van der Waals surface area contributed by atoms with E-state index in [0.29, 0.717) is 12.2 Å². The molecule has 0 fully saturated rings. The maximum Gasteiger partial charge on any atom is 0.373 e. The molecular weight excluding hydrogens is 244 g/mol. The number of carbonyl (C=O) groups is 1. The summed E-state index contributed by atoms with van der Waals surface area (Å²) in [6, 6.07) is 8.78. The van der Waals surface area contributed by atoms with Gasteiger partial charge in [0.1, 0.15) is 0 Å². The lowest BCUT2D eigenvalue weighted by Gasteiger charge is -2.03. The Morgan fingerprint density at radius 3 is 2.26 bits per heavy atom. The van der Waals surface area contributed by atoms with E-state index < -0.39 is 5.97 Å². The standard InChI is InChI=1S/C15H22O4/c16-12-8-3-1-2-4-9-13-18-19-15(17)14-10-6-5-7-11-14/h5-7,10-11,16H,1-4,8-9,12-13H2. The SMILES string of the molecule is O=C(OOCCCCCCCCO)c1ccccc1. The maximum atomic E-state index is 11.5. The van der Waals surface area contributed by atoms with E-state index >= 15 is 0 Å². The summed E-state index contributed by atoms with van der Waals surface area (Å²) in [5.74, 6) is -0.455. The predicted molar refractivity (Wildman–Crippen MR) is 72.6 cm³/mol. The van der Waals surface area contributed by atoms with Crippen LogP contribution < -0.4 is 0 Å². The topological polar surface area (TPSA) is 55.8 Å². The van der Waals surface area contributed by atoms with Gasteiger partial charge in [0.15, 0.2) is 0 Å². The number of carbonyl (C=O) groups excluding carboxylic acids is 1. The number of benzene rings is 1. The molecule has 1 aromatic carbocycles. The van der Waals surface area contributed by atoms with E-state index in [1.165, 1.54) is 0 Å². The first-order valence-electron chi connectivity index (χ1n) is 6.84. The normalized spacial score (nSPS) is 10.4. The van der Waals surface area contributed by atoms with Crippen LogP contribution in [0.15, 0.2) is 30.3 Å². The third-order valence-corrected chi connectivity index (χ3v) is 2.78. The van der Waals surface area contributed by atoms with Crippen molar-refractivity contribution in [3.05, 3.63) is 35.9 Å². The third-order valence-electron chi connectivity index (χ3n) is 2.78. The van der Waals surface area contributed by atoms with Gasteiger partial charge in [-0.2, -0.15) is 4.89 Å². The Kier molecular flexibility index (Phi) is 8.68. The smallest absolute Gasteiger partial charge is 0.373 e. The maximum absolute atomic E-state index is 11.5. The van der Waals surface area contributed by atoms with Crippen LogP contribution in [0.2, 0.25) is 0 Å². The van der Waals surface area contributed by atoms with E-state index in [1.807, 2.05) is 6.07 Å². The van der Waals surface area contributed by atoms with Crippen molar-refractivity contribution in [2.45, 2.75) is 38.5 Å². The second-order valence-electron chi connectivity index (χ2n) is 4.40. The summed E-state index contributed by atoms with van der Waals surface area (Å²) < 4.78 is 0. The largest absolute Gasteiger partial charge is 0.396 e. The minimum atomic E-state index is -0.455. The Balaban J connectivity index is 1.95.